The minimum Gasteiger partial charge on any atom is -0.340 e. The Kier molecular flexibility index (Phi) is 7.19. The van der Waals surface area contributed by atoms with Gasteiger partial charge in [-0.25, -0.2) is 4.98 Å². The van der Waals surface area contributed by atoms with Crippen LogP contribution in [0.5, 0.6) is 0 Å². The van der Waals surface area contributed by atoms with Crippen LogP contribution in [-0.2, 0) is 4.79 Å². The number of amides is 2. The van der Waals surface area contributed by atoms with Crippen molar-refractivity contribution in [3.63, 3.8) is 0 Å². The van der Waals surface area contributed by atoms with E-state index in [0.717, 1.165) is 22.4 Å². The molecule has 0 aliphatic carbocycles. The summed E-state index contributed by atoms with van der Waals surface area (Å²) in [7, 11) is 0. The van der Waals surface area contributed by atoms with Crippen LogP contribution in [0.25, 0.3) is 22.0 Å². The molecule has 0 aliphatic heterocycles. The van der Waals surface area contributed by atoms with Crippen molar-refractivity contribution < 1.29 is 9.59 Å². The Bertz CT molecular complexity index is 1220. The summed E-state index contributed by atoms with van der Waals surface area (Å²) in [5.74, 6) is 0.235. The number of nitrogens with zero attached hydrogens (tertiary/aromatic N) is 1. The summed E-state index contributed by atoms with van der Waals surface area (Å²) in [6.45, 7) is 0. The lowest BCUT2D eigenvalue weighted by atomic mass is 10.1. The van der Waals surface area contributed by atoms with Gasteiger partial charge in [-0.1, -0.05) is 54.6 Å². The molecule has 162 valence electrons. The number of hydrogen-bond donors (Lipinski definition) is 2. The SMILES string of the molecule is CSCCC(NC(=O)c1ccccc1)C(=O)Nc1nc(-c2ccc3ccccc3c2)cs1. The summed E-state index contributed by atoms with van der Waals surface area (Å²) in [5.41, 5.74) is 2.34. The zero-order chi connectivity index (χ0) is 22.3. The van der Waals surface area contributed by atoms with Gasteiger partial charge in [-0.15, -0.1) is 11.3 Å². The molecule has 0 radical (unpaired) electrons. The van der Waals surface area contributed by atoms with Gasteiger partial charge in [0.15, 0.2) is 5.13 Å². The molecule has 1 heterocycles. The summed E-state index contributed by atoms with van der Waals surface area (Å²) in [5, 5.41) is 10.5. The molecule has 2 N–H and O–H groups in total. The number of benzene rings is 3. The van der Waals surface area contributed by atoms with E-state index in [1.54, 1.807) is 36.0 Å². The van der Waals surface area contributed by atoms with Crippen LogP contribution in [0, 0.1) is 0 Å². The summed E-state index contributed by atoms with van der Waals surface area (Å²) in [6, 6.07) is 22.6. The van der Waals surface area contributed by atoms with Gasteiger partial charge in [0.1, 0.15) is 6.04 Å². The largest absolute Gasteiger partial charge is 0.340 e. The van der Waals surface area contributed by atoms with Crippen LogP contribution in [0.15, 0.2) is 78.2 Å². The number of anilines is 1. The lowest BCUT2D eigenvalue weighted by molar-refractivity contribution is -0.118. The molecule has 0 saturated heterocycles. The molecule has 0 aliphatic rings. The van der Waals surface area contributed by atoms with E-state index in [1.165, 1.54) is 16.7 Å². The third-order valence-electron chi connectivity index (χ3n) is 5.05. The van der Waals surface area contributed by atoms with E-state index < -0.39 is 6.04 Å². The smallest absolute Gasteiger partial charge is 0.251 e. The predicted octanol–water partition coefficient (Wildman–Crippen LogP) is 5.45. The summed E-state index contributed by atoms with van der Waals surface area (Å²) in [6.07, 6.45) is 2.51. The van der Waals surface area contributed by atoms with Crippen molar-refractivity contribution in [3.8, 4) is 11.3 Å². The number of rotatable bonds is 8. The van der Waals surface area contributed by atoms with Gasteiger partial charge in [0.25, 0.3) is 5.91 Å². The van der Waals surface area contributed by atoms with Crippen molar-refractivity contribution in [3.05, 3.63) is 83.7 Å². The second kappa shape index (κ2) is 10.4. The first-order valence-electron chi connectivity index (χ1n) is 10.2. The van der Waals surface area contributed by atoms with Gasteiger partial charge in [-0.2, -0.15) is 11.8 Å². The van der Waals surface area contributed by atoms with E-state index in [9.17, 15) is 9.59 Å². The molecule has 2 amide bonds. The summed E-state index contributed by atoms with van der Waals surface area (Å²) in [4.78, 5) is 30.1. The lowest BCUT2D eigenvalue weighted by Gasteiger charge is -2.17. The van der Waals surface area contributed by atoms with Crippen molar-refractivity contribution in [2.75, 3.05) is 17.3 Å². The number of thioether (sulfide) groups is 1. The summed E-state index contributed by atoms with van der Waals surface area (Å²) >= 11 is 3.01. The standard InChI is InChI=1S/C25H23N3O2S2/c1-31-14-13-21(26-23(29)18-8-3-2-4-9-18)24(30)28-25-27-22(16-32-25)20-12-11-17-7-5-6-10-19(17)15-20/h2-12,15-16,21H,13-14H2,1H3,(H,26,29)(H,27,28,30). The second-order valence-corrected chi connectivity index (χ2v) is 9.11. The molecular weight excluding hydrogens is 438 g/mol. The topological polar surface area (TPSA) is 71.1 Å². The molecule has 1 atom stereocenters. The van der Waals surface area contributed by atoms with Gasteiger partial charge in [0.05, 0.1) is 5.69 Å². The maximum atomic E-state index is 12.9. The molecule has 4 aromatic rings. The van der Waals surface area contributed by atoms with Crippen LogP contribution in [-0.4, -0.2) is 34.8 Å². The molecule has 1 aromatic heterocycles. The van der Waals surface area contributed by atoms with Gasteiger partial charge in [0.2, 0.25) is 5.91 Å². The van der Waals surface area contributed by atoms with Crippen LogP contribution >= 0.6 is 23.1 Å². The van der Waals surface area contributed by atoms with E-state index in [4.69, 9.17) is 0 Å². The highest BCUT2D eigenvalue weighted by Gasteiger charge is 2.22. The zero-order valence-corrected chi connectivity index (χ0v) is 19.2. The first-order chi connectivity index (χ1) is 15.6. The van der Waals surface area contributed by atoms with Crippen LogP contribution in [0.2, 0.25) is 0 Å². The average molecular weight is 462 g/mol. The molecule has 4 rings (SSSR count). The molecule has 0 spiro atoms. The number of nitrogens with one attached hydrogen (secondary N) is 2. The Labute approximate surface area is 195 Å². The predicted molar refractivity (Wildman–Crippen MR) is 134 cm³/mol. The van der Waals surface area contributed by atoms with E-state index in [2.05, 4.69) is 39.9 Å². The quantitative estimate of drug-likeness (QED) is 0.366. The van der Waals surface area contributed by atoms with Crippen molar-refractivity contribution in [2.24, 2.45) is 0 Å². The van der Waals surface area contributed by atoms with E-state index in [0.29, 0.717) is 17.1 Å². The Morgan fingerprint density at radius 3 is 2.53 bits per heavy atom. The minimum atomic E-state index is -0.636. The van der Waals surface area contributed by atoms with Gasteiger partial charge in [-0.3, -0.25) is 9.59 Å². The molecule has 0 saturated carbocycles. The number of fused-ring (bicyclic) bond motifs is 1. The van der Waals surface area contributed by atoms with Gasteiger partial charge in [-0.05, 0) is 47.4 Å². The molecule has 7 heteroatoms. The highest BCUT2D eigenvalue weighted by Crippen LogP contribution is 2.28. The first-order valence-corrected chi connectivity index (χ1v) is 12.5. The molecule has 1 unspecified atom stereocenters. The third kappa shape index (κ3) is 5.36. The maximum Gasteiger partial charge on any atom is 0.251 e. The van der Waals surface area contributed by atoms with Crippen LogP contribution in [0.3, 0.4) is 0 Å². The molecule has 0 bridgehead atoms. The highest BCUT2D eigenvalue weighted by atomic mass is 32.2. The molecule has 32 heavy (non-hydrogen) atoms. The van der Waals surface area contributed by atoms with Crippen molar-refractivity contribution >= 4 is 50.8 Å². The fourth-order valence-corrected chi connectivity index (χ4v) is 4.53. The minimum absolute atomic E-state index is 0.261. The van der Waals surface area contributed by atoms with Gasteiger partial charge in [0, 0.05) is 16.5 Å². The monoisotopic (exact) mass is 461 g/mol. The molecule has 3 aromatic carbocycles. The maximum absolute atomic E-state index is 12.9. The Hall–Kier alpha value is -3.16. The zero-order valence-electron chi connectivity index (χ0n) is 17.6. The Morgan fingerprint density at radius 2 is 1.75 bits per heavy atom. The van der Waals surface area contributed by atoms with Gasteiger partial charge < -0.3 is 10.6 Å². The first kappa shape index (κ1) is 22.0. The van der Waals surface area contributed by atoms with Crippen molar-refractivity contribution in [2.45, 2.75) is 12.5 Å². The van der Waals surface area contributed by atoms with Crippen LogP contribution in [0.1, 0.15) is 16.8 Å². The average Bonchev–Trinajstić information content (AvgIpc) is 3.30. The third-order valence-corrected chi connectivity index (χ3v) is 6.45. The van der Waals surface area contributed by atoms with Crippen molar-refractivity contribution in [1.82, 2.24) is 10.3 Å². The Morgan fingerprint density at radius 1 is 1.00 bits per heavy atom. The van der Waals surface area contributed by atoms with Gasteiger partial charge >= 0.3 is 0 Å². The van der Waals surface area contributed by atoms with E-state index >= 15 is 0 Å². The fourth-order valence-electron chi connectivity index (χ4n) is 3.34. The number of carbonyl (C=O) groups excluding carboxylic acids is 2. The summed E-state index contributed by atoms with van der Waals surface area (Å²) < 4.78 is 0. The molecule has 5 nitrogen and oxygen atoms in total. The number of carbonyl (C=O) groups is 2. The molecular formula is C25H23N3O2S2. The number of thiazole rings is 1. The second-order valence-electron chi connectivity index (χ2n) is 7.26. The van der Waals surface area contributed by atoms with E-state index in [1.807, 2.05) is 35.9 Å². The number of aromatic nitrogens is 1. The van der Waals surface area contributed by atoms with Crippen LogP contribution < -0.4 is 10.6 Å². The number of hydrogen-bond acceptors (Lipinski definition) is 5. The Balaban J connectivity index is 1.47. The van der Waals surface area contributed by atoms with Crippen LogP contribution in [0.4, 0.5) is 5.13 Å². The van der Waals surface area contributed by atoms with E-state index in [-0.39, 0.29) is 11.8 Å². The highest BCUT2D eigenvalue weighted by molar-refractivity contribution is 7.98. The normalized spacial score (nSPS) is 11.8. The lowest BCUT2D eigenvalue weighted by Crippen LogP contribution is -2.44. The fraction of sp³-hybridized carbons (Fsp3) is 0.160. The molecule has 0 fully saturated rings. The van der Waals surface area contributed by atoms with Crippen molar-refractivity contribution in [1.29, 1.82) is 0 Å².